The summed E-state index contributed by atoms with van der Waals surface area (Å²) in [6, 6.07) is 8.19. The van der Waals surface area contributed by atoms with Crippen molar-refractivity contribution in [1.29, 1.82) is 0 Å². The third kappa shape index (κ3) is 5.40. The molecule has 2 fully saturated rings. The molecule has 0 saturated carbocycles. The molecule has 3 aromatic heterocycles. The average molecular weight is 566 g/mol. The number of H-pyrrole nitrogens is 1. The first-order chi connectivity index (χ1) is 19.8. The van der Waals surface area contributed by atoms with Crippen molar-refractivity contribution in [3.8, 4) is 0 Å². The van der Waals surface area contributed by atoms with Gasteiger partial charge in [-0.1, -0.05) is 18.2 Å². The van der Waals surface area contributed by atoms with Crippen LogP contribution in [0.5, 0.6) is 0 Å². The molecule has 0 spiro atoms. The molecule has 41 heavy (non-hydrogen) atoms. The highest BCUT2D eigenvalue weighted by atomic mass is 16.8. The average Bonchev–Trinajstić information content (AvgIpc) is 3.72. The van der Waals surface area contributed by atoms with Crippen LogP contribution in [-0.2, 0) is 34.9 Å². The van der Waals surface area contributed by atoms with E-state index in [1.807, 2.05) is 32.2 Å². The lowest BCUT2D eigenvalue weighted by molar-refractivity contribution is -0.199. The number of methoxy groups -OCH3 is 1. The number of para-hydroxylation sites is 1. The number of hydrogen-bond acceptors (Lipinski definition) is 11. The minimum atomic E-state index is -0.872. The predicted molar refractivity (Wildman–Crippen MR) is 145 cm³/mol. The van der Waals surface area contributed by atoms with Crippen LogP contribution < -0.4 is 10.6 Å². The van der Waals surface area contributed by atoms with Crippen LogP contribution in [0.2, 0.25) is 0 Å². The molecule has 0 aliphatic carbocycles. The van der Waals surface area contributed by atoms with Crippen LogP contribution >= 0.6 is 0 Å². The highest BCUT2D eigenvalue weighted by Crippen LogP contribution is 2.44. The van der Waals surface area contributed by atoms with E-state index in [1.165, 1.54) is 24.4 Å². The number of imidazole rings is 1. The molecule has 2 unspecified atom stereocenters. The molecular weight excluding hydrogens is 534 g/mol. The van der Waals surface area contributed by atoms with Crippen molar-refractivity contribution in [2.24, 2.45) is 0 Å². The van der Waals surface area contributed by atoms with Gasteiger partial charge in [-0.2, -0.15) is 0 Å². The number of hydrogen-bond donors (Lipinski definition) is 3. The molecule has 3 N–H and O–H groups in total. The maximum Gasteiger partial charge on any atom is 0.407 e. The number of nitrogens with zero attached hydrogens (tertiary/aromatic N) is 4. The molecule has 216 valence electrons. The summed E-state index contributed by atoms with van der Waals surface area (Å²) in [4.78, 5) is 40.1. The summed E-state index contributed by atoms with van der Waals surface area (Å²) in [5, 5.41) is 6.91. The van der Waals surface area contributed by atoms with Gasteiger partial charge in [-0.05, 0) is 31.9 Å². The fourth-order valence-electron chi connectivity index (χ4n) is 5.26. The van der Waals surface area contributed by atoms with Crippen LogP contribution in [0, 0.1) is 0 Å². The van der Waals surface area contributed by atoms with Crippen LogP contribution in [0.25, 0.3) is 22.1 Å². The Hall–Kier alpha value is -4.27. The zero-order valence-electron chi connectivity index (χ0n) is 22.8. The highest BCUT2D eigenvalue weighted by molar-refractivity contribution is 5.84. The second-order valence-electron chi connectivity index (χ2n) is 10.2. The summed E-state index contributed by atoms with van der Waals surface area (Å²) >= 11 is 0. The molecule has 6 rings (SSSR count). The van der Waals surface area contributed by atoms with Crippen LogP contribution in [0.15, 0.2) is 43.1 Å². The second kappa shape index (κ2) is 11.0. The monoisotopic (exact) mass is 565 g/mol. The Morgan fingerprint density at radius 1 is 1.15 bits per heavy atom. The number of carbonyl (C=O) groups is 2. The van der Waals surface area contributed by atoms with Gasteiger partial charge >= 0.3 is 12.1 Å². The highest BCUT2D eigenvalue weighted by Gasteiger charge is 2.56. The number of amides is 1. The molecule has 2 aliphatic heterocycles. The fourth-order valence-corrected chi connectivity index (χ4v) is 5.26. The normalized spacial score (nSPS) is 23.0. The Bertz CT molecular complexity index is 1570. The summed E-state index contributed by atoms with van der Waals surface area (Å²) in [6.45, 7) is 3.85. The molecule has 14 heteroatoms. The van der Waals surface area contributed by atoms with Gasteiger partial charge < -0.3 is 39.3 Å². The number of benzene rings is 1. The zero-order chi connectivity index (χ0) is 28.6. The number of alkyl carbamates (subject to hydrolysis) is 1. The standard InChI is InChI=1S/C27H31N7O7/c1-27(2)40-21-18(12-38-26(36)30-11-19(35)37-3)39-25(22(21)41-27)34-14-33-20-23(31-13-32-24(20)34)28-9-8-15-10-29-17-7-5-4-6-16(15)17/h4-7,10,13-14,18,21-22,25,29H,8-9,11-12H2,1-3H3,(H,30,36)(H,28,31,32)/t18-,21?,22?,25-/m1/s1. The Morgan fingerprint density at radius 2 is 1.98 bits per heavy atom. The second-order valence-corrected chi connectivity index (χ2v) is 10.2. The van der Waals surface area contributed by atoms with E-state index in [0.717, 1.165) is 11.9 Å². The van der Waals surface area contributed by atoms with E-state index in [0.29, 0.717) is 23.5 Å². The van der Waals surface area contributed by atoms with Crippen molar-refractivity contribution in [2.45, 2.75) is 50.6 Å². The number of nitrogens with one attached hydrogen (secondary N) is 3. The van der Waals surface area contributed by atoms with Crippen LogP contribution in [0.3, 0.4) is 0 Å². The topological polar surface area (TPSA) is 164 Å². The van der Waals surface area contributed by atoms with E-state index >= 15 is 0 Å². The summed E-state index contributed by atoms with van der Waals surface area (Å²) < 4.78 is 30.1. The Kier molecular flexibility index (Phi) is 7.19. The molecule has 4 aromatic rings. The molecule has 1 aromatic carbocycles. The van der Waals surface area contributed by atoms with Crippen LogP contribution in [0.4, 0.5) is 10.6 Å². The van der Waals surface area contributed by atoms with E-state index < -0.39 is 42.4 Å². The zero-order valence-corrected chi connectivity index (χ0v) is 22.8. The Morgan fingerprint density at radius 3 is 2.83 bits per heavy atom. The lowest BCUT2D eigenvalue weighted by Crippen LogP contribution is -2.37. The molecule has 14 nitrogen and oxygen atoms in total. The van der Waals surface area contributed by atoms with Crippen molar-refractivity contribution in [2.75, 3.05) is 32.1 Å². The third-order valence-electron chi connectivity index (χ3n) is 7.10. The molecule has 4 atom stereocenters. The SMILES string of the molecule is COC(=O)CNC(=O)OC[C@H]1O[C@@H](n2cnc3c(NCCc4c[nH]c5ccccc45)ncnc32)C2OC(C)(C)OC21. The lowest BCUT2D eigenvalue weighted by Gasteiger charge is -2.24. The lowest BCUT2D eigenvalue weighted by atomic mass is 10.1. The largest absolute Gasteiger partial charge is 0.468 e. The number of ether oxygens (including phenoxy) is 5. The van der Waals surface area contributed by atoms with Crippen molar-refractivity contribution in [3.63, 3.8) is 0 Å². The molecular formula is C27H31N7O7. The minimum Gasteiger partial charge on any atom is -0.468 e. The molecule has 5 heterocycles. The van der Waals surface area contributed by atoms with E-state index in [2.05, 4.69) is 47.4 Å². The number of aromatic nitrogens is 5. The predicted octanol–water partition coefficient (Wildman–Crippen LogP) is 2.28. The number of anilines is 1. The first-order valence-corrected chi connectivity index (χ1v) is 13.3. The van der Waals surface area contributed by atoms with Gasteiger partial charge in [0.1, 0.15) is 37.8 Å². The van der Waals surface area contributed by atoms with Crippen molar-refractivity contribution >= 4 is 39.9 Å². The van der Waals surface area contributed by atoms with Crippen molar-refractivity contribution < 1.29 is 33.3 Å². The van der Waals surface area contributed by atoms with Crippen molar-refractivity contribution in [3.05, 3.63) is 48.7 Å². The molecule has 2 saturated heterocycles. The Balaban J connectivity index is 1.16. The molecule has 2 aliphatic rings. The van der Waals surface area contributed by atoms with Crippen molar-refractivity contribution in [1.82, 2.24) is 29.8 Å². The van der Waals surface area contributed by atoms with Gasteiger partial charge in [-0.3, -0.25) is 9.36 Å². The summed E-state index contributed by atoms with van der Waals surface area (Å²) in [5.74, 6) is -0.855. The third-order valence-corrected chi connectivity index (χ3v) is 7.10. The molecule has 1 amide bonds. The smallest absolute Gasteiger partial charge is 0.407 e. The van der Waals surface area contributed by atoms with Gasteiger partial charge in [0.05, 0.1) is 13.4 Å². The van der Waals surface area contributed by atoms with Crippen LogP contribution in [0.1, 0.15) is 25.6 Å². The number of esters is 1. The van der Waals surface area contributed by atoms with Gasteiger partial charge in [-0.25, -0.2) is 19.7 Å². The van der Waals surface area contributed by atoms with Gasteiger partial charge in [0.25, 0.3) is 0 Å². The van der Waals surface area contributed by atoms with Crippen LogP contribution in [-0.4, -0.2) is 87.5 Å². The van der Waals surface area contributed by atoms with Gasteiger partial charge in [-0.15, -0.1) is 0 Å². The number of aromatic amines is 1. The van der Waals surface area contributed by atoms with Gasteiger partial charge in [0.15, 0.2) is 29.0 Å². The minimum absolute atomic E-state index is 0.119. The fraction of sp³-hybridized carbons (Fsp3) is 0.444. The van der Waals surface area contributed by atoms with E-state index in [9.17, 15) is 9.59 Å². The van der Waals surface area contributed by atoms with E-state index in [-0.39, 0.29) is 13.2 Å². The van der Waals surface area contributed by atoms with Gasteiger partial charge in [0, 0.05) is 23.6 Å². The molecule has 0 bridgehead atoms. The number of rotatable bonds is 9. The van der Waals surface area contributed by atoms with E-state index in [1.54, 1.807) is 10.9 Å². The number of carbonyl (C=O) groups excluding carboxylic acids is 2. The number of fused-ring (bicyclic) bond motifs is 3. The Labute approximate surface area is 234 Å². The summed E-state index contributed by atoms with van der Waals surface area (Å²) in [6.07, 6.45) is 2.84. The maximum absolute atomic E-state index is 12.1. The summed E-state index contributed by atoms with van der Waals surface area (Å²) in [7, 11) is 1.23. The van der Waals surface area contributed by atoms with E-state index in [4.69, 9.17) is 18.9 Å². The molecule has 0 radical (unpaired) electrons. The maximum atomic E-state index is 12.1. The quantitative estimate of drug-likeness (QED) is 0.255. The van der Waals surface area contributed by atoms with Gasteiger partial charge in [0.2, 0.25) is 0 Å². The first-order valence-electron chi connectivity index (χ1n) is 13.3. The first kappa shape index (κ1) is 26.9. The summed E-state index contributed by atoms with van der Waals surface area (Å²) in [5.41, 5.74) is 3.46.